The average Bonchev–Trinajstić information content (AvgIpc) is 3.46. The minimum absolute atomic E-state index is 0.308. The SMILES string of the molecule is Cc1ccccc1N1C(=O)C2ON(c3ccccc3)C(c3ccc(OC(=O)c4ccccc4)cc3)C2C1=O. The Morgan fingerprint density at radius 3 is 2.08 bits per heavy atom. The van der Waals surface area contributed by atoms with E-state index in [0.29, 0.717) is 17.0 Å². The molecule has 2 fully saturated rings. The van der Waals surface area contributed by atoms with Crippen molar-refractivity contribution >= 4 is 29.2 Å². The second kappa shape index (κ2) is 9.61. The quantitative estimate of drug-likeness (QED) is 0.210. The molecule has 2 heterocycles. The lowest BCUT2D eigenvalue weighted by atomic mass is 9.90. The minimum atomic E-state index is -0.956. The lowest BCUT2D eigenvalue weighted by Gasteiger charge is -2.29. The number of benzene rings is 4. The molecule has 0 aliphatic carbocycles. The molecule has 4 aromatic carbocycles. The number of nitrogens with zero attached hydrogens (tertiary/aromatic N) is 2. The summed E-state index contributed by atoms with van der Waals surface area (Å²) in [6.45, 7) is 1.87. The number of imide groups is 1. The van der Waals surface area contributed by atoms with Crippen LogP contribution in [0.4, 0.5) is 11.4 Å². The molecule has 0 bridgehead atoms. The molecule has 0 N–H and O–H groups in total. The molecule has 7 nitrogen and oxygen atoms in total. The monoisotopic (exact) mass is 504 g/mol. The van der Waals surface area contributed by atoms with Gasteiger partial charge in [-0.1, -0.05) is 66.7 Å². The number of amides is 2. The summed E-state index contributed by atoms with van der Waals surface area (Å²) in [6, 6.07) is 31.9. The summed E-state index contributed by atoms with van der Waals surface area (Å²) in [5.74, 6) is -1.53. The zero-order chi connectivity index (χ0) is 26.2. The van der Waals surface area contributed by atoms with Crippen molar-refractivity contribution in [2.45, 2.75) is 19.1 Å². The van der Waals surface area contributed by atoms with Crippen LogP contribution in [0.3, 0.4) is 0 Å². The highest BCUT2D eigenvalue weighted by atomic mass is 16.7. The molecular formula is C31H24N2O5. The third-order valence-corrected chi connectivity index (χ3v) is 6.92. The lowest BCUT2D eigenvalue weighted by Crippen LogP contribution is -2.37. The first-order valence-corrected chi connectivity index (χ1v) is 12.3. The van der Waals surface area contributed by atoms with E-state index in [1.165, 1.54) is 4.90 Å². The molecule has 2 aliphatic heterocycles. The summed E-state index contributed by atoms with van der Waals surface area (Å²) in [5.41, 5.74) is 3.33. The zero-order valence-electron chi connectivity index (χ0n) is 20.6. The number of hydroxylamine groups is 1. The summed E-state index contributed by atoms with van der Waals surface area (Å²) in [6.07, 6.45) is -0.956. The third-order valence-electron chi connectivity index (χ3n) is 6.92. The molecule has 188 valence electrons. The van der Waals surface area contributed by atoms with Gasteiger partial charge >= 0.3 is 5.97 Å². The van der Waals surface area contributed by atoms with E-state index in [9.17, 15) is 14.4 Å². The Kier molecular flexibility index (Phi) is 5.98. The summed E-state index contributed by atoms with van der Waals surface area (Å²) >= 11 is 0. The van der Waals surface area contributed by atoms with E-state index in [1.54, 1.807) is 65.7 Å². The largest absolute Gasteiger partial charge is 0.423 e. The van der Waals surface area contributed by atoms with Gasteiger partial charge in [0.25, 0.3) is 5.91 Å². The van der Waals surface area contributed by atoms with Crippen LogP contribution in [0.15, 0.2) is 109 Å². The average molecular weight is 505 g/mol. The maximum atomic E-state index is 13.8. The number of ether oxygens (including phenoxy) is 1. The highest BCUT2D eigenvalue weighted by Gasteiger charge is 2.60. The van der Waals surface area contributed by atoms with Crippen LogP contribution in [0, 0.1) is 12.8 Å². The van der Waals surface area contributed by atoms with Crippen molar-refractivity contribution in [2.75, 3.05) is 9.96 Å². The number of para-hydroxylation sites is 2. The van der Waals surface area contributed by atoms with Gasteiger partial charge in [-0.25, -0.2) is 14.8 Å². The number of carbonyl (C=O) groups excluding carboxylic acids is 3. The van der Waals surface area contributed by atoms with Crippen molar-refractivity contribution in [3.05, 3.63) is 126 Å². The van der Waals surface area contributed by atoms with Gasteiger partial charge in [0, 0.05) is 0 Å². The van der Waals surface area contributed by atoms with Crippen LogP contribution >= 0.6 is 0 Å². The standard InChI is InChI=1S/C31H24N2O5/c1-20-10-8-9-15-25(20)32-29(34)26-27(33(38-28(26)30(32)35)23-13-6-3-7-14-23)21-16-18-24(19-17-21)37-31(36)22-11-4-2-5-12-22/h2-19,26-28H,1H3. The Morgan fingerprint density at radius 2 is 1.39 bits per heavy atom. The summed E-state index contributed by atoms with van der Waals surface area (Å²) in [7, 11) is 0. The first kappa shape index (κ1) is 23.6. The van der Waals surface area contributed by atoms with Crippen molar-refractivity contribution < 1.29 is 24.0 Å². The van der Waals surface area contributed by atoms with E-state index in [-0.39, 0.29) is 11.8 Å². The van der Waals surface area contributed by atoms with Gasteiger partial charge in [-0.05, 0) is 60.5 Å². The zero-order valence-corrected chi connectivity index (χ0v) is 20.6. The Morgan fingerprint density at radius 1 is 0.763 bits per heavy atom. The van der Waals surface area contributed by atoms with Crippen LogP contribution in [0.2, 0.25) is 0 Å². The smallest absolute Gasteiger partial charge is 0.343 e. The van der Waals surface area contributed by atoms with E-state index < -0.39 is 24.0 Å². The van der Waals surface area contributed by atoms with Crippen molar-refractivity contribution in [1.82, 2.24) is 0 Å². The first-order valence-electron chi connectivity index (χ1n) is 12.3. The van der Waals surface area contributed by atoms with Gasteiger partial charge in [-0.3, -0.25) is 14.4 Å². The van der Waals surface area contributed by atoms with Crippen molar-refractivity contribution in [3.63, 3.8) is 0 Å². The predicted octanol–water partition coefficient (Wildman–Crippen LogP) is 5.27. The second-order valence-corrected chi connectivity index (χ2v) is 9.28. The van der Waals surface area contributed by atoms with Gasteiger partial charge in [-0.15, -0.1) is 0 Å². The van der Waals surface area contributed by atoms with Crippen LogP contribution in [0.25, 0.3) is 0 Å². The van der Waals surface area contributed by atoms with Crippen LogP contribution in [-0.4, -0.2) is 23.9 Å². The Balaban J connectivity index is 1.34. The van der Waals surface area contributed by atoms with E-state index in [1.807, 2.05) is 55.5 Å². The molecule has 0 radical (unpaired) electrons. The normalized spacial score (nSPS) is 20.5. The number of carbonyl (C=O) groups is 3. The molecular weight excluding hydrogens is 480 g/mol. The van der Waals surface area contributed by atoms with Gasteiger partial charge < -0.3 is 4.74 Å². The van der Waals surface area contributed by atoms with Crippen molar-refractivity contribution in [3.8, 4) is 5.75 Å². The Labute approximate surface area is 219 Å². The van der Waals surface area contributed by atoms with Crippen LogP contribution in [0.1, 0.15) is 27.5 Å². The topological polar surface area (TPSA) is 76.2 Å². The van der Waals surface area contributed by atoms with Gasteiger partial charge in [-0.2, -0.15) is 0 Å². The van der Waals surface area contributed by atoms with Gasteiger partial charge in [0.1, 0.15) is 11.7 Å². The highest BCUT2D eigenvalue weighted by Crippen LogP contribution is 2.48. The van der Waals surface area contributed by atoms with Gasteiger partial charge in [0.05, 0.1) is 23.0 Å². The number of hydrogen-bond acceptors (Lipinski definition) is 6. The molecule has 38 heavy (non-hydrogen) atoms. The molecule has 2 aliphatic rings. The Hall–Kier alpha value is -4.75. The molecule has 6 rings (SSSR count). The number of aryl methyl sites for hydroxylation is 1. The number of esters is 1. The van der Waals surface area contributed by atoms with Gasteiger partial charge in [0.15, 0.2) is 6.10 Å². The van der Waals surface area contributed by atoms with E-state index in [0.717, 1.165) is 16.8 Å². The molecule has 3 atom stereocenters. The third kappa shape index (κ3) is 4.03. The maximum Gasteiger partial charge on any atom is 0.343 e. The Bertz CT molecular complexity index is 1500. The summed E-state index contributed by atoms with van der Waals surface area (Å²) in [5, 5.41) is 1.64. The lowest BCUT2D eigenvalue weighted by molar-refractivity contribution is -0.126. The molecule has 0 aromatic heterocycles. The fraction of sp³-hybridized carbons (Fsp3) is 0.129. The highest BCUT2D eigenvalue weighted by molar-refractivity contribution is 6.24. The van der Waals surface area contributed by atoms with Crippen LogP contribution in [-0.2, 0) is 14.4 Å². The fourth-order valence-electron chi connectivity index (χ4n) is 5.08. The molecule has 7 heteroatoms. The number of hydrogen-bond donors (Lipinski definition) is 0. The molecule has 2 saturated heterocycles. The number of rotatable bonds is 5. The van der Waals surface area contributed by atoms with Crippen LogP contribution < -0.4 is 14.7 Å². The molecule has 3 unspecified atom stereocenters. The number of anilines is 2. The summed E-state index contributed by atoms with van der Waals surface area (Å²) in [4.78, 5) is 47.2. The predicted molar refractivity (Wildman–Crippen MR) is 142 cm³/mol. The van der Waals surface area contributed by atoms with E-state index in [4.69, 9.17) is 9.57 Å². The van der Waals surface area contributed by atoms with Crippen LogP contribution in [0.5, 0.6) is 5.75 Å². The molecule has 0 spiro atoms. The van der Waals surface area contributed by atoms with E-state index >= 15 is 0 Å². The number of fused-ring (bicyclic) bond motifs is 1. The molecule has 2 amide bonds. The second-order valence-electron chi connectivity index (χ2n) is 9.28. The minimum Gasteiger partial charge on any atom is -0.423 e. The molecule has 0 saturated carbocycles. The van der Waals surface area contributed by atoms with E-state index in [2.05, 4.69) is 0 Å². The summed E-state index contributed by atoms with van der Waals surface area (Å²) < 4.78 is 5.53. The van der Waals surface area contributed by atoms with Crippen molar-refractivity contribution in [1.29, 1.82) is 0 Å². The molecule has 4 aromatic rings. The fourth-order valence-corrected chi connectivity index (χ4v) is 5.08. The van der Waals surface area contributed by atoms with Crippen molar-refractivity contribution in [2.24, 2.45) is 5.92 Å². The first-order chi connectivity index (χ1) is 18.5. The maximum absolute atomic E-state index is 13.8. The van der Waals surface area contributed by atoms with Gasteiger partial charge in [0.2, 0.25) is 5.91 Å².